The topological polar surface area (TPSA) is 68.1 Å². The van der Waals surface area contributed by atoms with Crippen molar-refractivity contribution >= 4 is 17.8 Å². The quantitative estimate of drug-likeness (QED) is 0.247. The van der Waals surface area contributed by atoms with Gasteiger partial charge in [-0.15, -0.1) is 0 Å². The molecular formula is C30H31NO4. The third-order valence-corrected chi connectivity index (χ3v) is 6.21. The molecule has 0 radical (unpaired) electrons. The zero-order valence-corrected chi connectivity index (χ0v) is 20.0. The van der Waals surface area contributed by atoms with Crippen molar-refractivity contribution in [3.63, 3.8) is 0 Å². The Morgan fingerprint density at radius 1 is 0.943 bits per heavy atom. The number of allylic oxidation sites excluding steroid dienone is 1. The SMILES string of the molecule is CC/C(CCC1=Cc2cccc(OCC(=O)O)c2CC1)=N\OC(c1ccccc1)c1ccccc1. The van der Waals surface area contributed by atoms with Crippen LogP contribution in [0.4, 0.5) is 0 Å². The minimum atomic E-state index is -0.968. The normalized spacial score (nSPS) is 13.2. The van der Waals surface area contributed by atoms with Crippen molar-refractivity contribution in [1.82, 2.24) is 0 Å². The van der Waals surface area contributed by atoms with Gasteiger partial charge < -0.3 is 14.7 Å². The van der Waals surface area contributed by atoms with Crippen molar-refractivity contribution in [1.29, 1.82) is 0 Å². The highest BCUT2D eigenvalue weighted by Crippen LogP contribution is 2.33. The smallest absolute Gasteiger partial charge is 0.341 e. The van der Waals surface area contributed by atoms with Gasteiger partial charge in [0.2, 0.25) is 0 Å². The van der Waals surface area contributed by atoms with Gasteiger partial charge in [0, 0.05) is 5.56 Å². The van der Waals surface area contributed by atoms with E-state index in [9.17, 15) is 4.79 Å². The summed E-state index contributed by atoms with van der Waals surface area (Å²) >= 11 is 0. The Hall–Kier alpha value is -3.86. The number of hydrogen-bond donors (Lipinski definition) is 1. The van der Waals surface area contributed by atoms with Crippen molar-refractivity contribution in [2.24, 2.45) is 5.16 Å². The van der Waals surface area contributed by atoms with Crippen LogP contribution in [0.3, 0.4) is 0 Å². The molecule has 0 bridgehead atoms. The van der Waals surface area contributed by atoms with E-state index < -0.39 is 5.97 Å². The molecule has 0 spiro atoms. The number of hydrogen-bond acceptors (Lipinski definition) is 4. The molecule has 3 aromatic rings. The fraction of sp³-hybridized carbons (Fsp3) is 0.267. The molecule has 3 aromatic carbocycles. The highest BCUT2D eigenvalue weighted by atomic mass is 16.6. The van der Waals surface area contributed by atoms with Crippen LogP contribution in [0.15, 0.2) is 89.6 Å². The maximum Gasteiger partial charge on any atom is 0.341 e. The van der Waals surface area contributed by atoms with E-state index in [1.807, 2.05) is 48.5 Å². The van der Waals surface area contributed by atoms with E-state index in [4.69, 9.17) is 14.7 Å². The van der Waals surface area contributed by atoms with Crippen LogP contribution >= 0.6 is 0 Å². The van der Waals surface area contributed by atoms with Gasteiger partial charge in [-0.3, -0.25) is 0 Å². The fourth-order valence-electron chi connectivity index (χ4n) is 4.32. The van der Waals surface area contributed by atoms with Gasteiger partial charge in [-0.1, -0.05) is 96.5 Å². The summed E-state index contributed by atoms with van der Waals surface area (Å²) in [6.07, 6.45) is 6.31. The number of rotatable bonds is 11. The van der Waals surface area contributed by atoms with E-state index in [1.54, 1.807) is 0 Å². The Morgan fingerprint density at radius 3 is 2.26 bits per heavy atom. The summed E-state index contributed by atoms with van der Waals surface area (Å²) in [5.74, 6) is -0.303. The molecule has 0 atom stereocenters. The third-order valence-electron chi connectivity index (χ3n) is 6.21. The number of aliphatic carboxylic acids is 1. The number of ether oxygens (including phenoxy) is 1. The molecule has 0 fully saturated rings. The molecule has 5 nitrogen and oxygen atoms in total. The van der Waals surface area contributed by atoms with E-state index in [0.717, 1.165) is 60.1 Å². The summed E-state index contributed by atoms with van der Waals surface area (Å²) in [5.41, 5.74) is 6.73. The average molecular weight is 470 g/mol. The summed E-state index contributed by atoms with van der Waals surface area (Å²) in [6.45, 7) is 1.79. The maximum atomic E-state index is 10.9. The molecule has 0 saturated carbocycles. The predicted molar refractivity (Wildman–Crippen MR) is 139 cm³/mol. The number of benzene rings is 3. The molecule has 1 aliphatic carbocycles. The molecule has 5 heteroatoms. The van der Waals surface area contributed by atoms with E-state index in [2.05, 4.69) is 48.5 Å². The first kappa shape index (κ1) is 24.3. The van der Waals surface area contributed by atoms with Crippen LogP contribution in [-0.2, 0) is 16.1 Å². The van der Waals surface area contributed by atoms with E-state index in [-0.39, 0.29) is 12.7 Å². The van der Waals surface area contributed by atoms with Crippen molar-refractivity contribution in [2.75, 3.05) is 6.61 Å². The molecule has 4 rings (SSSR count). The molecule has 0 amide bonds. The summed E-state index contributed by atoms with van der Waals surface area (Å²) in [4.78, 5) is 17.0. The van der Waals surface area contributed by atoms with Crippen molar-refractivity contribution in [3.05, 3.63) is 107 Å². The fourth-order valence-corrected chi connectivity index (χ4v) is 4.32. The number of oxime groups is 1. The molecule has 0 aromatic heterocycles. The van der Waals surface area contributed by atoms with Crippen molar-refractivity contribution < 1.29 is 19.5 Å². The first-order valence-corrected chi connectivity index (χ1v) is 12.1. The Balaban J connectivity index is 1.44. The van der Waals surface area contributed by atoms with Crippen LogP contribution < -0.4 is 4.74 Å². The molecule has 1 N–H and O–H groups in total. The highest BCUT2D eigenvalue weighted by molar-refractivity contribution is 5.84. The molecule has 1 aliphatic rings. The first-order valence-electron chi connectivity index (χ1n) is 12.1. The van der Waals surface area contributed by atoms with Crippen LogP contribution in [0.5, 0.6) is 5.75 Å². The van der Waals surface area contributed by atoms with Gasteiger partial charge in [0.25, 0.3) is 0 Å². The molecule has 0 aliphatic heterocycles. The maximum absolute atomic E-state index is 10.9. The first-order chi connectivity index (χ1) is 17.1. The van der Waals surface area contributed by atoms with Crippen LogP contribution in [0.25, 0.3) is 6.08 Å². The van der Waals surface area contributed by atoms with Gasteiger partial charge >= 0.3 is 5.97 Å². The monoisotopic (exact) mass is 469 g/mol. The molecule has 0 heterocycles. The molecule has 0 saturated heterocycles. The Bertz CT molecular complexity index is 1150. The van der Waals surface area contributed by atoms with Crippen molar-refractivity contribution in [2.45, 2.75) is 45.1 Å². The largest absolute Gasteiger partial charge is 0.482 e. The van der Waals surface area contributed by atoms with Crippen LogP contribution in [0.2, 0.25) is 0 Å². The van der Waals surface area contributed by atoms with Gasteiger partial charge in [0.15, 0.2) is 12.7 Å². The summed E-state index contributed by atoms with van der Waals surface area (Å²) in [6, 6.07) is 26.2. The Kier molecular flexibility index (Phi) is 8.34. The molecule has 0 unspecified atom stereocenters. The van der Waals surface area contributed by atoms with Crippen LogP contribution in [-0.4, -0.2) is 23.4 Å². The average Bonchev–Trinajstić information content (AvgIpc) is 2.90. The minimum absolute atomic E-state index is 0.246. The second kappa shape index (κ2) is 12.0. The van der Waals surface area contributed by atoms with Gasteiger partial charge in [0.1, 0.15) is 5.75 Å². The molecule has 35 heavy (non-hydrogen) atoms. The van der Waals surface area contributed by atoms with E-state index in [1.165, 1.54) is 5.57 Å². The van der Waals surface area contributed by atoms with Gasteiger partial charge in [-0.05, 0) is 54.9 Å². The summed E-state index contributed by atoms with van der Waals surface area (Å²) in [5, 5.41) is 13.5. The standard InChI is InChI=1S/C30H31NO4/c1-2-26(31-35-30(23-10-5-3-6-11-23)24-12-7-4-8-13-24)18-16-22-17-19-27-25(20-22)14-9-15-28(27)34-21-29(32)33/h3-15,20,30H,2,16-19,21H2,1H3,(H,32,33)/b31-26+. The van der Waals surface area contributed by atoms with Gasteiger partial charge in [-0.2, -0.15) is 0 Å². The van der Waals surface area contributed by atoms with Gasteiger partial charge in [-0.25, -0.2) is 4.79 Å². The number of nitrogens with zero attached hydrogens (tertiary/aromatic N) is 1. The lowest BCUT2D eigenvalue weighted by Gasteiger charge is -2.20. The minimum Gasteiger partial charge on any atom is -0.482 e. The number of carboxylic acid groups (broad SMARTS) is 1. The van der Waals surface area contributed by atoms with Gasteiger partial charge in [0.05, 0.1) is 5.71 Å². The summed E-state index contributed by atoms with van der Waals surface area (Å²) < 4.78 is 5.48. The number of carboxylic acids is 1. The lowest BCUT2D eigenvalue weighted by Crippen LogP contribution is -2.12. The number of carbonyl (C=O) groups is 1. The van der Waals surface area contributed by atoms with E-state index in [0.29, 0.717) is 5.75 Å². The molecular weight excluding hydrogens is 438 g/mol. The van der Waals surface area contributed by atoms with E-state index >= 15 is 0 Å². The van der Waals surface area contributed by atoms with Crippen molar-refractivity contribution in [3.8, 4) is 5.75 Å². The zero-order chi connectivity index (χ0) is 24.5. The number of fused-ring (bicyclic) bond motifs is 1. The van der Waals surface area contributed by atoms with Crippen LogP contribution in [0, 0.1) is 0 Å². The lowest BCUT2D eigenvalue weighted by molar-refractivity contribution is -0.139. The third kappa shape index (κ3) is 6.60. The Labute approximate surface area is 206 Å². The Morgan fingerprint density at radius 2 is 1.63 bits per heavy atom. The highest BCUT2D eigenvalue weighted by Gasteiger charge is 2.17. The molecule has 180 valence electrons. The lowest BCUT2D eigenvalue weighted by atomic mass is 9.89. The second-order valence-corrected chi connectivity index (χ2v) is 8.63. The predicted octanol–water partition coefficient (Wildman–Crippen LogP) is 6.83. The van der Waals surface area contributed by atoms with Crippen LogP contribution in [0.1, 0.15) is 61.0 Å². The summed E-state index contributed by atoms with van der Waals surface area (Å²) in [7, 11) is 0. The second-order valence-electron chi connectivity index (χ2n) is 8.63. The zero-order valence-electron chi connectivity index (χ0n) is 20.0.